The van der Waals surface area contributed by atoms with Gasteiger partial charge in [0, 0.05) is 6.61 Å². The molecule has 0 aromatic carbocycles. The van der Waals surface area contributed by atoms with Crippen LogP contribution in [0.3, 0.4) is 0 Å². The lowest BCUT2D eigenvalue weighted by Crippen LogP contribution is -2.30. The summed E-state index contributed by atoms with van der Waals surface area (Å²) < 4.78 is 10.3. The molecule has 1 fully saturated rings. The van der Waals surface area contributed by atoms with Crippen LogP contribution in [-0.2, 0) is 14.3 Å². The van der Waals surface area contributed by atoms with Gasteiger partial charge < -0.3 is 9.47 Å². The van der Waals surface area contributed by atoms with Gasteiger partial charge in [-0.2, -0.15) is 0 Å². The van der Waals surface area contributed by atoms with Gasteiger partial charge in [-0.25, -0.2) is 0 Å². The quantitative estimate of drug-likeness (QED) is 0.585. The first-order valence-electron chi connectivity index (χ1n) is 4.66. The highest BCUT2D eigenvalue weighted by Crippen LogP contribution is 2.20. The van der Waals surface area contributed by atoms with E-state index in [1.54, 1.807) is 6.61 Å². The van der Waals surface area contributed by atoms with Crippen LogP contribution >= 0.6 is 0 Å². The first-order valence-corrected chi connectivity index (χ1v) is 4.66. The Bertz CT molecular complexity index is 175. The fourth-order valence-electron chi connectivity index (χ4n) is 1.01. The molecule has 3 heteroatoms. The lowest BCUT2D eigenvalue weighted by atomic mass is 9.97. The molecule has 3 nitrogen and oxygen atoms in total. The third-order valence-electron chi connectivity index (χ3n) is 1.87. The SMILES string of the molecule is CC(C)(C)C(=O)O[C@@H]1[CH]OCCC1. The Morgan fingerprint density at radius 3 is 2.69 bits per heavy atom. The summed E-state index contributed by atoms with van der Waals surface area (Å²) in [6, 6.07) is 0. The van der Waals surface area contributed by atoms with Crippen LogP contribution < -0.4 is 0 Å². The Hall–Kier alpha value is -0.570. The minimum atomic E-state index is -0.425. The molecule has 1 atom stereocenters. The summed E-state index contributed by atoms with van der Waals surface area (Å²) in [5.41, 5.74) is -0.425. The molecule has 1 aliphatic heterocycles. The Kier molecular flexibility index (Phi) is 3.31. The first-order chi connectivity index (χ1) is 6.00. The zero-order valence-electron chi connectivity index (χ0n) is 8.50. The van der Waals surface area contributed by atoms with E-state index in [2.05, 4.69) is 0 Å². The number of esters is 1. The predicted molar refractivity (Wildman–Crippen MR) is 48.8 cm³/mol. The van der Waals surface area contributed by atoms with E-state index in [-0.39, 0.29) is 12.1 Å². The van der Waals surface area contributed by atoms with Gasteiger partial charge in [0.2, 0.25) is 0 Å². The summed E-state index contributed by atoms with van der Waals surface area (Å²) in [6.07, 6.45) is 1.68. The zero-order valence-corrected chi connectivity index (χ0v) is 8.50. The van der Waals surface area contributed by atoms with Crippen molar-refractivity contribution in [3.8, 4) is 0 Å². The maximum Gasteiger partial charge on any atom is 0.311 e. The smallest absolute Gasteiger partial charge is 0.311 e. The molecule has 0 N–H and O–H groups in total. The van der Waals surface area contributed by atoms with Gasteiger partial charge in [-0.05, 0) is 33.6 Å². The van der Waals surface area contributed by atoms with Gasteiger partial charge >= 0.3 is 5.97 Å². The summed E-state index contributed by atoms with van der Waals surface area (Å²) in [5, 5.41) is 0. The third kappa shape index (κ3) is 3.35. The highest BCUT2D eigenvalue weighted by atomic mass is 16.6. The monoisotopic (exact) mass is 185 g/mol. The average Bonchev–Trinajstić information content (AvgIpc) is 2.04. The van der Waals surface area contributed by atoms with E-state index >= 15 is 0 Å². The predicted octanol–water partition coefficient (Wildman–Crippen LogP) is 1.92. The molecule has 0 unspecified atom stereocenters. The van der Waals surface area contributed by atoms with Gasteiger partial charge in [-0.1, -0.05) is 0 Å². The van der Waals surface area contributed by atoms with Gasteiger partial charge in [0.25, 0.3) is 0 Å². The summed E-state index contributed by atoms with van der Waals surface area (Å²) in [6.45, 7) is 7.90. The van der Waals surface area contributed by atoms with Crippen molar-refractivity contribution in [1.29, 1.82) is 0 Å². The largest absolute Gasteiger partial charge is 0.459 e. The van der Waals surface area contributed by atoms with Crippen LogP contribution in [-0.4, -0.2) is 18.7 Å². The number of hydrogen-bond acceptors (Lipinski definition) is 3. The minimum absolute atomic E-state index is 0.152. The van der Waals surface area contributed by atoms with E-state index in [0.29, 0.717) is 0 Å². The molecule has 0 aromatic rings. The molecule has 1 heterocycles. The highest BCUT2D eigenvalue weighted by molar-refractivity contribution is 5.75. The lowest BCUT2D eigenvalue weighted by Gasteiger charge is -2.25. The summed E-state index contributed by atoms with van der Waals surface area (Å²) >= 11 is 0. The fourth-order valence-corrected chi connectivity index (χ4v) is 1.01. The molecule has 1 aliphatic rings. The van der Waals surface area contributed by atoms with Gasteiger partial charge in [0.05, 0.1) is 5.41 Å². The second kappa shape index (κ2) is 4.09. The fraction of sp³-hybridized carbons (Fsp3) is 0.800. The molecule has 75 valence electrons. The Balaban J connectivity index is 2.35. The molecule has 13 heavy (non-hydrogen) atoms. The van der Waals surface area contributed by atoms with E-state index < -0.39 is 5.41 Å². The van der Waals surface area contributed by atoms with Gasteiger partial charge in [0.15, 0.2) is 0 Å². The Morgan fingerprint density at radius 2 is 2.23 bits per heavy atom. The van der Waals surface area contributed by atoms with Crippen molar-refractivity contribution in [2.45, 2.75) is 39.7 Å². The third-order valence-corrected chi connectivity index (χ3v) is 1.87. The molecule has 1 radical (unpaired) electrons. The molecule has 0 aromatic heterocycles. The second-order valence-corrected chi connectivity index (χ2v) is 4.34. The van der Waals surface area contributed by atoms with E-state index in [4.69, 9.17) is 9.47 Å². The maximum absolute atomic E-state index is 11.4. The van der Waals surface area contributed by atoms with E-state index in [1.165, 1.54) is 0 Å². The normalized spacial score (nSPS) is 24.1. The highest BCUT2D eigenvalue weighted by Gasteiger charge is 2.27. The van der Waals surface area contributed by atoms with Crippen molar-refractivity contribution in [3.05, 3.63) is 6.61 Å². The van der Waals surface area contributed by atoms with Crippen molar-refractivity contribution in [2.75, 3.05) is 6.61 Å². The van der Waals surface area contributed by atoms with E-state index in [1.807, 2.05) is 20.8 Å². The van der Waals surface area contributed by atoms with Crippen LogP contribution in [0.1, 0.15) is 33.6 Å². The van der Waals surface area contributed by atoms with Crippen molar-refractivity contribution < 1.29 is 14.3 Å². The van der Waals surface area contributed by atoms with Crippen molar-refractivity contribution >= 4 is 5.97 Å². The van der Waals surface area contributed by atoms with E-state index in [0.717, 1.165) is 19.4 Å². The Labute approximate surface area is 79.4 Å². The maximum atomic E-state index is 11.4. The zero-order chi connectivity index (χ0) is 9.90. The van der Waals surface area contributed by atoms with Crippen molar-refractivity contribution in [3.63, 3.8) is 0 Å². The van der Waals surface area contributed by atoms with Crippen LogP contribution in [0.25, 0.3) is 0 Å². The average molecular weight is 185 g/mol. The molecule has 0 spiro atoms. The van der Waals surface area contributed by atoms with Crippen LogP contribution in [0.5, 0.6) is 0 Å². The van der Waals surface area contributed by atoms with Gasteiger partial charge in [-0.3, -0.25) is 4.79 Å². The van der Waals surface area contributed by atoms with Gasteiger partial charge in [-0.15, -0.1) is 0 Å². The number of rotatable bonds is 1. The number of ether oxygens (including phenoxy) is 2. The molecular formula is C10H17O3. The molecule has 1 rings (SSSR count). The second-order valence-electron chi connectivity index (χ2n) is 4.34. The lowest BCUT2D eigenvalue weighted by molar-refractivity contribution is -0.161. The summed E-state index contributed by atoms with van der Waals surface area (Å²) in [5.74, 6) is -0.167. The van der Waals surface area contributed by atoms with Crippen molar-refractivity contribution in [2.24, 2.45) is 5.41 Å². The minimum Gasteiger partial charge on any atom is -0.459 e. The molecule has 0 amide bonds. The van der Waals surface area contributed by atoms with Crippen molar-refractivity contribution in [1.82, 2.24) is 0 Å². The number of carbonyl (C=O) groups is 1. The molecule has 0 bridgehead atoms. The standard InChI is InChI=1S/C10H17O3/c1-10(2,3)9(11)13-8-5-4-6-12-7-8/h7-8H,4-6H2,1-3H3/t8-/m0/s1. The van der Waals surface area contributed by atoms with E-state index in [9.17, 15) is 4.79 Å². The molecule has 0 aliphatic carbocycles. The van der Waals surface area contributed by atoms with Gasteiger partial charge in [0.1, 0.15) is 12.7 Å². The van der Waals surface area contributed by atoms with Crippen LogP contribution in [0.4, 0.5) is 0 Å². The number of hydrogen-bond donors (Lipinski definition) is 0. The Morgan fingerprint density at radius 1 is 1.54 bits per heavy atom. The molecule has 1 saturated heterocycles. The molecular weight excluding hydrogens is 168 g/mol. The summed E-state index contributed by atoms with van der Waals surface area (Å²) in [4.78, 5) is 11.4. The topological polar surface area (TPSA) is 35.5 Å². The molecule has 0 saturated carbocycles. The first kappa shape index (κ1) is 10.5. The number of carbonyl (C=O) groups excluding carboxylic acids is 1. The van der Waals surface area contributed by atoms with Crippen LogP contribution in [0.15, 0.2) is 0 Å². The summed E-state index contributed by atoms with van der Waals surface area (Å²) in [7, 11) is 0. The van der Waals surface area contributed by atoms with Crippen LogP contribution in [0.2, 0.25) is 0 Å². The van der Waals surface area contributed by atoms with Crippen LogP contribution in [0, 0.1) is 12.0 Å².